The second kappa shape index (κ2) is 5.59. The van der Waals surface area contributed by atoms with Gasteiger partial charge in [0.15, 0.2) is 0 Å². The summed E-state index contributed by atoms with van der Waals surface area (Å²) in [7, 11) is -23.1. The van der Waals surface area contributed by atoms with E-state index < -0.39 is 57.5 Å². The van der Waals surface area contributed by atoms with E-state index in [1.165, 1.54) is 0 Å². The van der Waals surface area contributed by atoms with Crippen LogP contribution < -0.4 is 0 Å². The van der Waals surface area contributed by atoms with E-state index >= 15 is 0 Å². The smallest absolute Gasteiger partial charge is 0.223 e. The number of sulfone groups is 2. The average Bonchev–Trinajstić information content (AvgIpc) is 2.22. The zero-order chi connectivity index (χ0) is 20.2. The molecule has 0 amide bonds. The van der Waals surface area contributed by atoms with E-state index in [1.54, 1.807) is 0 Å². The van der Waals surface area contributed by atoms with Gasteiger partial charge in [0.05, 0.1) is 0 Å². The molecule has 19 heteroatoms. The van der Waals surface area contributed by atoms with Gasteiger partial charge in [-0.2, -0.15) is 47.9 Å². The monoisotopic (exact) mass is 442 g/mol. The zero-order valence-electron chi connectivity index (χ0n) is 10.5. The Morgan fingerprint density at radius 2 is 0.833 bits per heavy atom. The van der Waals surface area contributed by atoms with Crippen LogP contribution in [-0.4, -0.2) is 46.0 Å². The Balaban J connectivity index is 6.97. The standard InChI is InChI=1S/C5H3F9O7S3/c1-2(22(15,16)3(6,7)8,23(17,18)4(9,10)11)21-24(19,20)5(12,13)14/h1H3. The molecule has 0 heterocycles. The molecule has 0 aromatic rings. The fourth-order valence-electron chi connectivity index (χ4n) is 0.901. The van der Waals surface area contributed by atoms with E-state index in [-0.39, 0.29) is 0 Å². The lowest BCUT2D eigenvalue weighted by Gasteiger charge is -2.29. The van der Waals surface area contributed by atoms with Gasteiger partial charge < -0.3 is 0 Å². The molecule has 0 bridgehead atoms. The molecular weight excluding hydrogens is 439 g/mol. The Hall–Kier alpha value is -0.820. The van der Waals surface area contributed by atoms with Crippen molar-refractivity contribution in [3.63, 3.8) is 0 Å². The lowest BCUT2D eigenvalue weighted by atomic mass is 10.9. The van der Waals surface area contributed by atoms with Gasteiger partial charge in [0.2, 0.25) is 0 Å². The molecule has 0 aliphatic carbocycles. The van der Waals surface area contributed by atoms with Gasteiger partial charge in [0, 0.05) is 0 Å². The maximum atomic E-state index is 12.3. The van der Waals surface area contributed by atoms with Crippen LogP contribution in [0.2, 0.25) is 0 Å². The molecule has 7 nitrogen and oxygen atoms in total. The van der Waals surface area contributed by atoms with E-state index in [9.17, 15) is 64.8 Å². The largest absolute Gasteiger partial charge is 0.523 e. The van der Waals surface area contributed by atoms with Crippen LogP contribution >= 0.6 is 0 Å². The van der Waals surface area contributed by atoms with Crippen molar-refractivity contribution >= 4 is 29.8 Å². The van der Waals surface area contributed by atoms with E-state index in [0.717, 1.165) is 0 Å². The Bertz CT molecular complexity index is 751. The van der Waals surface area contributed by atoms with Gasteiger partial charge in [-0.05, 0) is 6.92 Å². The first kappa shape index (κ1) is 23.2. The average molecular weight is 442 g/mol. The van der Waals surface area contributed by atoms with E-state index in [2.05, 4.69) is 4.18 Å². The molecule has 146 valence electrons. The van der Waals surface area contributed by atoms with E-state index in [4.69, 9.17) is 0 Å². The highest BCUT2D eigenvalue weighted by atomic mass is 32.3. The number of hydrogen-bond donors (Lipinski definition) is 0. The lowest BCUT2D eigenvalue weighted by molar-refractivity contribution is -0.0655. The van der Waals surface area contributed by atoms with Crippen LogP contribution in [0.1, 0.15) is 6.92 Å². The fraction of sp³-hybridized carbons (Fsp3) is 1.00. The highest BCUT2D eigenvalue weighted by molar-refractivity contribution is 8.11. The number of rotatable bonds is 4. The van der Waals surface area contributed by atoms with E-state index in [1.807, 2.05) is 0 Å². The minimum absolute atomic E-state index is 1.14. The third kappa shape index (κ3) is 3.43. The van der Waals surface area contributed by atoms with Crippen LogP contribution in [-0.2, 0) is 34.0 Å². The van der Waals surface area contributed by atoms with Crippen molar-refractivity contribution in [2.24, 2.45) is 0 Å². The molecule has 0 atom stereocenters. The Labute approximate surface area is 127 Å². The highest BCUT2D eigenvalue weighted by Crippen LogP contribution is 2.46. The maximum Gasteiger partial charge on any atom is 0.523 e. The van der Waals surface area contributed by atoms with Gasteiger partial charge in [0.1, 0.15) is 0 Å². The number of hydrogen-bond acceptors (Lipinski definition) is 7. The number of alkyl halides is 9. The van der Waals surface area contributed by atoms with Crippen LogP contribution in [0.5, 0.6) is 0 Å². The van der Waals surface area contributed by atoms with Gasteiger partial charge in [-0.3, -0.25) is 0 Å². The summed E-state index contributed by atoms with van der Waals surface area (Å²) in [5.74, 6) is 0. The molecule has 24 heavy (non-hydrogen) atoms. The van der Waals surface area contributed by atoms with E-state index in [0.29, 0.717) is 0 Å². The molecule has 0 aliphatic heterocycles. The predicted octanol–water partition coefficient (Wildman–Crippen LogP) is 1.40. The Kier molecular flexibility index (Phi) is 5.40. The summed E-state index contributed by atoms with van der Waals surface area (Å²) in [4.78, 5) is 0. The molecule has 0 fully saturated rings. The van der Waals surface area contributed by atoms with Crippen molar-refractivity contribution in [3.05, 3.63) is 0 Å². The molecule has 0 radical (unpaired) electrons. The van der Waals surface area contributed by atoms with Crippen LogP contribution in [0.4, 0.5) is 39.5 Å². The molecule has 0 saturated heterocycles. The fourth-order valence-corrected chi connectivity index (χ4v) is 5.21. The third-order valence-corrected chi connectivity index (χ3v) is 8.12. The lowest BCUT2D eigenvalue weighted by Crippen LogP contribution is -2.57. The summed E-state index contributed by atoms with van der Waals surface area (Å²) in [6.07, 6.45) is 0. The maximum absolute atomic E-state index is 12.3. The van der Waals surface area contributed by atoms with Gasteiger partial charge >= 0.3 is 30.9 Å². The topological polar surface area (TPSA) is 112 Å². The first-order chi connectivity index (χ1) is 9.96. The minimum Gasteiger partial charge on any atom is -0.223 e. The third-order valence-electron chi connectivity index (χ3n) is 2.13. The molecule has 0 rings (SSSR count). The summed E-state index contributed by atoms with van der Waals surface area (Å²) >= 11 is 0. The van der Waals surface area contributed by atoms with Crippen LogP contribution in [0.25, 0.3) is 0 Å². The minimum atomic E-state index is -7.78. The zero-order valence-corrected chi connectivity index (χ0v) is 12.9. The number of halogens is 9. The quantitative estimate of drug-likeness (QED) is 0.368. The Morgan fingerprint density at radius 1 is 0.583 bits per heavy atom. The summed E-state index contributed by atoms with van der Waals surface area (Å²) < 4.78 is 172. The molecule has 0 unspecified atom stereocenters. The van der Waals surface area contributed by atoms with Crippen molar-refractivity contribution in [2.75, 3.05) is 0 Å². The molecule has 0 aromatic carbocycles. The molecule has 0 aromatic heterocycles. The second-order valence-electron chi connectivity index (χ2n) is 3.74. The van der Waals surface area contributed by atoms with Gasteiger partial charge in [-0.25, -0.2) is 21.0 Å². The van der Waals surface area contributed by atoms with Crippen molar-refractivity contribution in [2.45, 2.75) is 27.7 Å². The first-order valence-corrected chi connectivity index (χ1v) is 8.97. The summed E-state index contributed by atoms with van der Waals surface area (Å²) in [6, 6.07) is 0. The summed E-state index contributed by atoms with van der Waals surface area (Å²) in [6.45, 7) is -1.14. The van der Waals surface area contributed by atoms with Crippen molar-refractivity contribution in [3.8, 4) is 0 Å². The predicted molar refractivity (Wildman–Crippen MR) is 54.4 cm³/mol. The van der Waals surface area contributed by atoms with Crippen LogP contribution in [0, 0.1) is 0 Å². The first-order valence-electron chi connectivity index (χ1n) is 4.59. The van der Waals surface area contributed by atoms with Crippen LogP contribution in [0.15, 0.2) is 0 Å². The van der Waals surface area contributed by atoms with Gasteiger partial charge in [-0.1, -0.05) is 0 Å². The molecule has 0 N–H and O–H groups in total. The Morgan fingerprint density at radius 3 is 1.00 bits per heavy atom. The molecule has 0 saturated carbocycles. The van der Waals surface area contributed by atoms with Crippen LogP contribution in [0.3, 0.4) is 0 Å². The van der Waals surface area contributed by atoms with Crippen molar-refractivity contribution in [1.82, 2.24) is 0 Å². The van der Waals surface area contributed by atoms with Gasteiger partial charge in [0.25, 0.3) is 19.7 Å². The van der Waals surface area contributed by atoms with Gasteiger partial charge in [-0.15, -0.1) is 0 Å². The van der Waals surface area contributed by atoms with Crippen molar-refractivity contribution in [1.29, 1.82) is 0 Å². The summed E-state index contributed by atoms with van der Waals surface area (Å²) in [5.41, 5.74) is -20.6. The summed E-state index contributed by atoms with van der Waals surface area (Å²) in [5, 5.41) is 0. The molecule has 0 spiro atoms. The molecular formula is C5H3F9O7S3. The van der Waals surface area contributed by atoms with Crippen molar-refractivity contribution < 1.29 is 69.0 Å². The second-order valence-corrected chi connectivity index (χ2v) is 10.0. The highest BCUT2D eigenvalue weighted by Gasteiger charge is 2.74. The SMILES string of the molecule is CC(OS(=O)(=O)C(F)(F)F)(S(=O)(=O)C(F)(F)F)S(=O)(=O)C(F)(F)F. The normalized spacial score (nSPS) is 16.2. The molecule has 0 aliphatic rings.